The van der Waals surface area contributed by atoms with E-state index in [2.05, 4.69) is 5.32 Å². The highest BCUT2D eigenvalue weighted by Crippen LogP contribution is 2.39. The van der Waals surface area contributed by atoms with Gasteiger partial charge in [-0.15, -0.1) is 0 Å². The Labute approximate surface area is 175 Å². The lowest BCUT2D eigenvalue weighted by molar-refractivity contribution is -0.122. The van der Waals surface area contributed by atoms with Crippen LogP contribution in [0.25, 0.3) is 0 Å². The number of allylic oxidation sites excluding steroid dienone is 2. The zero-order valence-electron chi connectivity index (χ0n) is 17.1. The number of imide groups is 1. The van der Waals surface area contributed by atoms with E-state index in [4.69, 9.17) is 4.74 Å². The molecule has 2 aliphatic rings. The van der Waals surface area contributed by atoms with Gasteiger partial charge < -0.3 is 10.1 Å². The van der Waals surface area contributed by atoms with E-state index < -0.39 is 0 Å². The van der Waals surface area contributed by atoms with Crippen LogP contribution in [0.2, 0.25) is 0 Å². The van der Waals surface area contributed by atoms with Gasteiger partial charge in [0, 0.05) is 11.3 Å². The van der Waals surface area contributed by atoms with Gasteiger partial charge in [0.25, 0.3) is 5.91 Å². The number of hydrogen-bond acceptors (Lipinski definition) is 4. The zero-order valence-corrected chi connectivity index (χ0v) is 17.1. The second-order valence-corrected chi connectivity index (χ2v) is 7.68. The van der Waals surface area contributed by atoms with Crippen LogP contribution in [0.1, 0.15) is 37.0 Å². The maximum absolute atomic E-state index is 12.9. The maximum atomic E-state index is 12.9. The number of rotatable bonds is 5. The van der Waals surface area contributed by atoms with Gasteiger partial charge in [0.1, 0.15) is 5.75 Å². The molecule has 2 atom stereocenters. The molecular formula is C24H24N2O4. The second kappa shape index (κ2) is 8.14. The zero-order chi connectivity index (χ0) is 21.3. The van der Waals surface area contributed by atoms with Crippen LogP contribution in [0.5, 0.6) is 5.75 Å². The molecule has 30 heavy (non-hydrogen) atoms. The fourth-order valence-electron chi connectivity index (χ4n) is 4.08. The lowest BCUT2D eigenvalue weighted by atomic mass is 9.82. The molecule has 154 valence electrons. The van der Waals surface area contributed by atoms with Crippen LogP contribution < -0.4 is 15.0 Å². The second-order valence-electron chi connectivity index (χ2n) is 7.68. The third kappa shape index (κ3) is 3.73. The average molecular weight is 404 g/mol. The van der Waals surface area contributed by atoms with Gasteiger partial charge in [-0.2, -0.15) is 0 Å². The van der Waals surface area contributed by atoms with Gasteiger partial charge in [-0.05, 0) is 69.2 Å². The number of hydrogen-bond donors (Lipinski definition) is 1. The van der Waals surface area contributed by atoms with Gasteiger partial charge in [0.15, 0.2) is 0 Å². The lowest BCUT2D eigenvalue weighted by Crippen LogP contribution is -2.31. The summed E-state index contributed by atoms with van der Waals surface area (Å²) >= 11 is 0. The van der Waals surface area contributed by atoms with E-state index in [1.807, 2.05) is 19.9 Å². The normalized spacial score (nSPS) is 20.6. The Balaban J connectivity index is 1.52. The van der Waals surface area contributed by atoms with Crippen molar-refractivity contribution in [3.8, 4) is 5.75 Å². The van der Waals surface area contributed by atoms with Gasteiger partial charge in [0.05, 0.1) is 24.1 Å². The van der Waals surface area contributed by atoms with Gasteiger partial charge in [0.2, 0.25) is 11.8 Å². The highest BCUT2D eigenvalue weighted by Gasteiger charge is 2.48. The first-order chi connectivity index (χ1) is 14.5. The first-order valence-corrected chi connectivity index (χ1v) is 10.2. The number of fused-ring (bicyclic) bond motifs is 1. The van der Waals surface area contributed by atoms with Crippen molar-refractivity contribution >= 4 is 29.1 Å². The molecule has 1 N–H and O–H groups in total. The van der Waals surface area contributed by atoms with Crippen molar-refractivity contribution in [1.82, 2.24) is 0 Å². The summed E-state index contributed by atoms with van der Waals surface area (Å²) in [4.78, 5) is 39.8. The Morgan fingerprint density at radius 1 is 1.10 bits per heavy atom. The van der Waals surface area contributed by atoms with E-state index in [0.717, 1.165) is 11.3 Å². The summed E-state index contributed by atoms with van der Waals surface area (Å²) in [5.41, 5.74) is 2.60. The molecule has 0 spiro atoms. The fourth-order valence-corrected chi connectivity index (χ4v) is 4.08. The predicted octanol–water partition coefficient (Wildman–Crippen LogP) is 4.18. The van der Waals surface area contributed by atoms with E-state index >= 15 is 0 Å². The highest BCUT2D eigenvalue weighted by molar-refractivity contribution is 6.22. The van der Waals surface area contributed by atoms with Gasteiger partial charge in [-0.3, -0.25) is 19.3 Å². The number of benzene rings is 2. The van der Waals surface area contributed by atoms with Crippen molar-refractivity contribution in [3.63, 3.8) is 0 Å². The van der Waals surface area contributed by atoms with Crippen LogP contribution in [0.3, 0.4) is 0 Å². The molecule has 1 heterocycles. The van der Waals surface area contributed by atoms with Crippen LogP contribution in [0, 0.1) is 11.8 Å². The highest BCUT2D eigenvalue weighted by atomic mass is 16.5. The molecule has 2 aromatic carbocycles. The number of carbonyl (C=O) groups is 3. The fraction of sp³-hybridized carbons (Fsp3) is 0.292. The van der Waals surface area contributed by atoms with E-state index in [0.29, 0.717) is 36.4 Å². The minimum Gasteiger partial charge on any atom is -0.494 e. The molecule has 1 aliphatic carbocycles. The first-order valence-electron chi connectivity index (χ1n) is 10.2. The maximum Gasteiger partial charge on any atom is 0.255 e. The molecule has 4 rings (SSSR count). The quantitative estimate of drug-likeness (QED) is 0.599. The summed E-state index contributed by atoms with van der Waals surface area (Å²) < 4.78 is 5.40. The van der Waals surface area contributed by atoms with Crippen molar-refractivity contribution in [1.29, 1.82) is 0 Å². The summed E-state index contributed by atoms with van der Waals surface area (Å²) in [6.07, 6.45) is 3.25. The monoisotopic (exact) mass is 404 g/mol. The number of nitrogens with zero attached hydrogens (tertiary/aromatic N) is 1. The Morgan fingerprint density at radius 3 is 2.57 bits per heavy atom. The minimum absolute atomic E-state index is 0.179. The number of nitrogens with one attached hydrogen (secondary N) is 1. The van der Waals surface area contributed by atoms with Gasteiger partial charge >= 0.3 is 0 Å². The Kier molecular flexibility index (Phi) is 5.40. The summed E-state index contributed by atoms with van der Waals surface area (Å²) in [6, 6.07) is 13.7. The van der Waals surface area contributed by atoms with E-state index in [1.165, 1.54) is 4.90 Å². The number of amides is 3. The van der Waals surface area contributed by atoms with Gasteiger partial charge in [-0.1, -0.05) is 17.7 Å². The predicted molar refractivity (Wildman–Crippen MR) is 114 cm³/mol. The van der Waals surface area contributed by atoms with E-state index in [9.17, 15) is 14.4 Å². The Morgan fingerprint density at radius 2 is 1.83 bits per heavy atom. The largest absolute Gasteiger partial charge is 0.494 e. The third-order valence-electron chi connectivity index (χ3n) is 5.61. The van der Waals surface area contributed by atoms with E-state index in [-0.39, 0.29) is 29.6 Å². The van der Waals surface area contributed by atoms with Crippen LogP contribution in [-0.4, -0.2) is 24.3 Å². The smallest absolute Gasteiger partial charge is 0.255 e. The SMILES string of the molecule is CCOc1ccc(NC(=O)c2cccc(N3C(=O)[C@H]4CC=C(C)C[C@H]4C3=O)c2)cc1. The Bertz CT molecular complexity index is 1030. The molecule has 3 amide bonds. The van der Waals surface area contributed by atoms with Gasteiger partial charge in [-0.25, -0.2) is 0 Å². The van der Waals surface area contributed by atoms with Crippen LogP contribution in [-0.2, 0) is 9.59 Å². The van der Waals surface area contributed by atoms with Crippen LogP contribution in [0.15, 0.2) is 60.2 Å². The number of carbonyl (C=O) groups excluding carboxylic acids is 3. The molecule has 2 aromatic rings. The molecule has 0 aromatic heterocycles. The average Bonchev–Trinajstić information content (AvgIpc) is 2.99. The minimum atomic E-state index is -0.310. The molecule has 0 unspecified atom stereocenters. The summed E-state index contributed by atoms with van der Waals surface area (Å²) in [5.74, 6) is -0.546. The van der Waals surface area contributed by atoms with Crippen molar-refractivity contribution in [2.75, 3.05) is 16.8 Å². The van der Waals surface area contributed by atoms with Crippen LogP contribution >= 0.6 is 0 Å². The molecule has 1 aliphatic heterocycles. The molecule has 6 heteroatoms. The van der Waals surface area contributed by atoms with Crippen molar-refractivity contribution in [2.24, 2.45) is 11.8 Å². The van der Waals surface area contributed by atoms with Crippen molar-refractivity contribution < 1.29 is 19.1 Å². The summed E-state index contributed by atoms with van der Waals surface area (Å²) in [5, 5.41) is 2.83. The Hall–Kier alpha value is -3.41. The van der Waals surface area contributed by atoms with Crippen LogP contribution in [0.4, 0.5) is 11.4 Å². The topological polar surface area (TPSA) is 75.7 Å². The van der Waals surface area contributed by atoms with Crippen molar-refractivity contribution in [2.45, 2.75) is 26.7 Å². The molecule has 0 bridgehead atoms. The molecule has 1 fully saturated rings. The molecule has 0 radical (unpaired) electrons. The summed E-state index contributed by atoms with van der Waals surface area (Å²) in [7, 11) is 0. The molecule has 6 nitrogen and oxygen atoms in total. The molecule has 1 saturated heterocycles. The summed E-state index contributed by atoms with van der Waals surface area (Å²) in [6.45, 7) is 4.47. The molecular weight excluding hydrogens is 380 g/mol. The lowest BCUT2D eigenvalue weighted by Gasteiger charge is -2.18. The molecule has 0 saturated carbocycles. The van der Waals surface area contributed by atoms with E-state index in [1.54, 1.807) is 48.5 Å². The first kappa shape index (κ1) is 19.9. The standard InChI is InChI=1S/C24H24N2O4/c1-3-30-19-10-8-17(9-11-19)25-22(27)16-5-4-6-18(14-16)26-23(28)20-12-7-15(2)13-21(20)24(26)29/h4-11,14,20-21H,3,12-13H2,1-2H3,(H,25,27)/t20-,21+/m0/s1. The third-order valence-corrected chi connectivity index (χ3v) is 5.61. The number of ether oxygens (including phenoxy) is 1. The number of anilines is 2. The van der Waals surface area contributed by atoms with Crippen molar-refractivity contribution in [3.05, 3.63) is 65.7 Å².